The summed E-state index contributed by atoms with van der Waals surface area (Å²) in [5, 5.41) is 10.8. The van der Waals surface area contributed by atoms with Crippen molar-refractivity contribution in [3.05, 3.63) is 46.1 Å². The van der Waals surface area contributed by atoms with Gasteiger partial charge in [-0.1, -0.05) is 17.7 Å². The van der Waals surface area contributed by atoms with Gasteiger partial charge < -0.3 is 15.1 Å². The van der Waals surface area contributed by atoms with E-state index in [9.17, 15) is 9.59 Å². The van der Waals surface area contributed by atoms with E-state index in [4.69, 9.17) is 11.6 Å². The standard InChI is InChI=1S/C24H31ClN6O2/c1-23(2)14-29-10-6-9-17(29)12-30(23)22(33)31-13-18-19(24(31,3)4)27-28-20(18)26-21(32)15-7-5-8-16(25)11-15/h5,7-8,11,17H,6,9-10,12-14H2,1-4H3,(H2,26,27,28,32). The summed E-state index contributed by atoms with van der Waals surface area (Å²) >= 11 is 6.03. The highest BCUT2D eigenvalue weighted by Crippen LogP contribution is 2.42. The number of rotatable bonds is 2. The number of amides is 3. The van der Waals surface area contributed by atoms with Gasteiger partial charge >= 0.3 is 6.03 Å². The molecule has 1 aromatic heterocycles. The van der Waals surface area contributed by atoms with E-state index in [0.717, 1.165) is 37.3 Å². The number of benzene rings is 1. The number of hydrogen-bond donors (Lipinski definition) is 2. The van der Waals surface area contributed by atoms with Crippen molar-refractivity contribution in [2.45, 2.75) is 64.2 Å². The van der Waals surface area contributed by atoms with E-state index in [2.05, 4.69) is 34.3 Å². The second-order valence-electron chi connectivity index (χ2n) is 10.5. The van der Waals surface area contributed by atoms with Crippen LogP contribution in [0.5, 0.6) is 0 Å². The SMILES string of the molecule is CC1(C)CN2CCCC2CN1C(=O)N1Cc2c(NC(=O)c3cccc(Cl)c3)n[nH]c2C1(C)C. The molecule has 176 valence electrons. The Morgan fingerprint density at radius 1 is 1.21 bits per heavy atom. The van der Waals surface area contributed by atoms with Crippen molar-refractivity contribution in [1.29, 1.82) is 0 Å². The van der Waals surface area contributed by atoms with Crippen LogP contribution in [0.3, 0.4) is 0 Å². The zero-order valence-electron chi connectivity index (χ0n) is 19.6. The Morgan fingerprint density at radius 3 is 2.76 bits per heavy atom. The largest absolute Gasteiger partial charge is 0.321 e. The van der Waals surface area contributed by atoms with E-state index in [1.807, 2.05) is 23.6 Å². The number of hydrogen-bond acceptors (Lipinski definition) is 4. The number of aromatic amines is 1. The number of nitrogens with one attached hydrogen (secondary N) is 2. The van der Waals surface area contributed by atoms with Crippen molar-refractivity contribution >= 4 is 29.4 Å². The average molecular weight is 471 g/mol. The molecular weight excluding hydrogens is 440 g/mol. The van der Waals surface area contributed by atoms with Crippen LogP contribution in [0.1, 0.15) is 62.2 Å². The van der Waals surface area contributed by atoms with Crippen LogP contribution in [0.4, 0.5) is 10.6 Å². The average Bonchev–Trinajstić information content (AvgIpc) is 3.42. The summed E-state index contributed by atoms with van der Waals surface area (Å²) in [6.07, 6.45) is 2.34. The minimum Gasteiger partial charge on any atom is -0.317 e. The maximum atomic E-state index is 13.9. The lowest BCUT2D eigenvalue weighted by Crippen LogP contribution is -2.66. The number of carbonyl (C=O) groups is 2. The van der Waals surface area contributed by atoms with Gasteiger partial charge in [-0.05, 0) is 65.3 Å². The molecule has 33 heavy (non-hydrogen) atoms. The lowest BCUT2D eigenvalue weighted by atomic mass is 9.96. The number of carbonyl (C=O) groups excluding carboxylic acids is 2. The maximum Gasteiger partial charge on any atom is 0.321 e. The van der Waals surface area contributed by atoms with Crippen molar-refractivity contribution < 1.29 is 9.59 Å². The second-order valence-corrected chi connectivity index (χ2v) is 10.9. The van der Waals surface area contributed by atoms with Gasteiger partial charge in [0.25, 0.3) is 5.91 Å². The highest BCUT2D eigenvalue weighted by atomic mass is 35.5. The summed E-state index contributed by atoms with van der Waals surface area (Å²) < 4.78 is 0. The maximum absolute atomic E-state index is 13.9. The molecule has 3 aliphatic heterocycles. The molecule has 2 N–H and O–H groups in total. The molecule has 0 saturated carbocycles. The molecule has 0 radical (unpaired) electrons. The van der Waals surface area contributed by atoms with E-state index >= 15 is 0 Å². The first-order chi connectivity index (χ1) is 15.6. The lowest BCUT2D eigenvalue weighted by molar-refractivity contribution is 0.00394. The third-order valence-corrected chi connectivity index (χ3v) is 7.70. The molecule has 1 atom stereocenters. The fourth-order valence-electron chi connectivity index (χ4n) is 5.57. The molecule has 0 bridgehead atoms. The Morgan fingerprint density at radius 2 is 2.00 bits per heavy atom. The molecule has 2 aromatic rings. The molecule has 1 unspecified atom stereocenters. The van der Waals surface area contributed by atoms with Gasteiger partial charge in [-0.15, -0.1) is 0 Å². The Kier molecular flexibility index (Phi) is 5.21. The van der Waals surface area contributed by atoms with Crippen molar-refractivity contribution in [3.63, 3.8) is 0 Å². The summed E-state index contributed by atoms with van der Waals surface area (Å²) in [4.78, 5) is 33.1. The number of aromatic nitrogens is 2. The van der Waals surface area contributed by atoms with Crippen molar-refractivity contribution in [1.82, 2.24) is 24.9 Å². The van der Waals surface area contributed by atoms with E-state index in [-0.39, 0.29) is 17.5 Å². The molecule has 8 nitrogen and oxygen atoms in total. The minimum absolute atomic E-state index is 0.0354. The smallest absolute Gasteiger partial charge is 0.317 e. The van der Waals surface area contributed by atoms with Crippen molar-refractivity contribution in [2.75, 3.05) is 25.0 Å². The third-order valence-electron chi connectivity index (χ3n) is 7.46. The fraction of sp³-hybridized carbons (Fsp3) is 0.542. The van der Waals surface area contributed by atoms with Gasteiger partial charge in [-0.2, -0.15) is 5.10 Å². The van der Waals surface area contributed by atoms with Gasteiger partial charge in [-0.25, -0.2) is 4.79 Å². The molecule has 9 heteroatoms. The number of piperazine rings is 1. The highest BCUT2D eigenvalue weighted by Gasteiger charge is 2.50. The topological polar surface area (TPSA) is 84.6 Å². The van der Waals surface area contributed by atoms with Crippen LogP contribution in [-0.4, -0.2) is 68.1 Å². The van der Waals surface area contributed by atoms with E-state index in [1.54, 1.807) is 24.3 Å². The fourth-order valence-corrected chi connectivity index (χ4v) is 5.76. The summed E-state index contributed by atoms with van der Waals surface area (Å²) in [7, 11) is 0. The van der Waals surface area contributed by atoms with Crippen LogP contribution >= 0.6 is 11.6 Å². The quantitative estimate of drug-likeness (QED) is 0.693. The number of nitrogens with zero attached hydrogens (tertiary/aromatic N) is 4. The first-order valence-electron chi connectivity index (χ1n) is 11.6. The molecule has 2 fully saturated rings. The van der Waals surface area contributed by atoms with Crippen LogP contribution in [-0.2, 0) is 12.1 Å². The molecule has 4 heterocycles. The van der Waals surface area contributed by atoms with Crippen molar-refractivity contribution in [3.8, 4) is 0 Å². The Hall–Kier alpha value is -2.58. The Bertz CT molecular complexity index is 1110. The van der Waals surface area contributed by atoms with E-state index in [1.165, 1.54) is 6.42 Å². The van der Waals surface area contributed by atoms with Gasteiger partial charge in [0.2, 0.25) is 0 Å². The molecule has 0 aliphatic carbocycles. The number of halogens is 1. The predicted octanol–water partition coefficient (Wildman–Crippen LogP) is 4.04. The van der Waals surface area contributed by atoms with E-state index in [0.29, 0.717) is 29.0 Å². The third kappa shape index (κ3) is 3.69. The van der Waals surface area contributed by atoms with Gasteiger partial charge in [0, 0.05) is 35.3 Å². The molecule has 3 aliphatic rings. The number of urea groups is 1. The summed E-state index contributed by atoms with van der Waals surface area (Å²) in [5.41, 5.74) is 1.35. The number of anilines is 1. The molecule has 3 amide bonds. The molecule has 2 saturated heterocycles. The Balaban J connectivity index is 1.38. The van der Waals surface area contributed by atoms with Gasteiger partial charge in [-0.3, -0.25) is 14.8 Å². The summed E-state index contributed by atoms with van der Waals surface area (Å²) in [6, 6.07) is 7.27. The predicted molar refractivity (Wildman–Crippen MR) is 127 cm³/mol. The zero-order chi connectivity index (χ0) is 23.5. The molecule has 0 spiro atoms. The van der Waals surface area contributed by atoms with Crippen LogP contribution in [0.25, 0.3) is 0 Å². The monoisotopic (exact) mass is 470 g/mol. The molecular formula is C24H31ClN6O2. The number of fused-ring (bicyclic) bond motifs is 2. The second kappa shape index (κ2) is 7.74. The highest BCUT2D eigenvalue weighted by molar-refractivity contribution is 6.31. The first kappa shape index (κ1) is 22.2. The van der Waals surface area contributed by atoms with Crippen LogP contribution in [0, 0.1) is 0 Å². The first-order valence-corrected chi connectivity index (χ1v) is 11.9. The van der Waals surface area contributed by atoms with Crippen LogP contribution < -0.4 is 5.32 Å². The van der Waals surface area contributed by atoms with Crippen LogP contribution in [0.15, 0.2) is 24.3 Å². The Labute approximate surface area is 199 Å². The minimum atomic E-state index is -0.568. The molecule has 5 rings (SSSR count). The van der Waals surface area contributed by atoms with Gasteiger partial charge in [0.15, 0.2) is 5.82 Å². The normalized spacial score (nSPS) is 23.4. The summed E-state index contributed by atoms with van der Waals surface area (Å²) in [5.74, 6) is 0.172. The summed E-state index contributed by atoms with van der Waals surface area (Å²) in [6.45, 7) is 11.5. The number of H-pyrrole nitrogens is 1. The van der Waals surface area contributed by atoms with E-state index < -0.39 is 5.54 Å². The lowest BCUT2D eigenvalue weighted by Gasteiger charge is -2.51. The van der Waals surface area contributed by atoms with Gasteiger partial charge in [0.05, 0.1) is 23.3 Å². The molecule has 1 aromatic carbocycles. The van der Waals surface area contributed by atoms with Gasteiger partial charge in [0.1, 0.15) is 0 Å². The van der Waals surface area contributed by atoms with Crippen LogP contribution in [0.2, 0.25) is 5.02 Å². The van der Waals surface area contributed by atoms with Crippen molar-refractivity contribution in [2.24, 2.45) is 0 Å². The zero-order valence-corrected chi connectivity index (χ0v) is 20.4.